The van der Waals surface area contributed by atoms with Crippen molar-refractivity contribution >= 4 is 5.69 Å². The van der Waals surface area contributed by atoms with Gasteiger partial charge in [-0.1, -0.05) is 18.2 Å². The van der Waals surface area contributed by atoms with E-state index in [0.29, 0.717) is 6.04 Å². The van der Waals surface area contributed by atoms with Crippen molar-refractivity contribution in [3.8, 4) is 0 Å². The molecule has 0 saturated heterocycles. The van der Waals surface area contributed by atoms with Gasteiger partial charge >= 0.3 is 0 Å². The van der Waals surface area contributed by atoms with Crippen LogP contribution >= 0.6 is 0 Å². The van der Waals surface area contributed by atoms with Crippen LogP contribution in [0.5, 0.6) is 0 Å². The first-order valence-electron chi connectivity index (χ1n) is 5.39. The summed E-state index contributed by atoms with van der Waals surface area (Å²) < 4.78 is 0. The number of rotatable bonds is 4. The molecule has 0 radical (unpaired) electrons. The van der Waals surface area contributed by atoms with Crippen LogP contribution in [-0.4, -0.2) is 19.6 Å². The summed E-state index contributed by atoms with van der Waals surface area (Å²) in [6.45, 7) is 1.12. The van der Waals surface area contributed by atoms with E-state index in [1.54, 1.807) is 0 Å². The minimum atomic E-state index is 0.653. The highest BCUT2D eigenvalue weighted by molar-refractivity contribution is 5.56. The summed E-state index contributed by atoms with van der Waals surface area (Å²) in [6, 6.07) is 9.27. The van der Waals surface area contributed by atoms with E-state index >= 15 is 0 Å². The van der Waals surface area contributed by atoms with Crippen LogP contribution in [-0.2, 0) is 6.42 Å². The van der Waals surface area contributed by atoms with Gasteiger partial charge in [-0.15, -0.1) is 0 Å². The summed E-state index contributed by atoms with van der Waals surface area (Å²) in [6.07, 6.45) is 3.71. The molecule has 0 saturated carbocycles. The number of benzene rings is 1. The monoisotopic (exact) mass is 190 g/mol. The van der Waals surface area contributed by atoms with E-state index in [1.165, 1.54) is 30.5 Å². The molecule has 0 amide bonds. The van der Waals surface area contributed by atoms with Crippen molar-refractivity contribution in [2.24, 2.45) is 0 Å². The molecule has 0 fully saturated rings. The van der Waals surface area contributed by atoms with E-state index in [1.807, 2.05) is 7.05 Å². The maximum Gasteiger partial charge on any atom is 0.0375 e. The van der Waals surface area contributed by atoms with E-state index < -0.39 is 0 Å². The van der Waals surface area contributed by atoms with Crippen molar-refractivity contribution in [3.63, 3.8) is 0 Å². The van der Waals surface area contributed by atoms with Crippen LogP contribution in [0.3, 0.4) is 0 Å². The molecule has 2 N–H and O–H groups in total. The van der Waals surface area contributed by atoms with Crippen LogP contribution in [0.4, 0.5) is 5.69 Å². The normalized spacial score (nSPS) is 19.1. The Morgan fingerprint density at radius 2 is 2.29 bits per heavy atom. The summed E-state index contributed by atoms with van der Waals surface area (Å²) in [4.78, 5) is 0. The third kappa shape index (κ3) is 2.07. The predicted molar refractivity (Wildman–Crippen MR) is 60.7 cm³/mol. The van der Waals surface area contributed by atoms with E-state index in [4.69, 9.17) is 0 Å². The second kappa shape index (κ2) is 4.47. The van der Waals surface area contributed by atoms with E-state index in [2.05, 4.69) is 34.9 Å². The molecular weight excluding hydrogens is 172 g/mol. The fraction of sp³-hybridized carbons (Fsp3) is 0.500. The summed E-state index contributed by atoms with van der Waals surface area (Å²) in [5.74, 6) is 0. The Bertz CT molecular complexity index is 271. The summed E-state index contributed by atoms with van der Waals surface area (Å²) >= 11 is 0. The summed E-state index contributed by atoms with van der Waals surface area (Å²) in [5, 5.41) is 6.75. The highest BCUT2D eigenvalue weighted by atomic mass is 14.9. The van der Waals surface area contributed by atoms with Crippen LogP contribution in [0.15, 0.2) is 24.3 Å². The first-order chi connectivity index (χ1) is 6.90. The molecule has 0 aromatic heterocycles. The molecule has 2 rings (SSSR count). The first-order valence-corrected chi connectivity index (χ1v) is 5.39. The van der Waals surface area contributed by atoms with Crippen molar-refractivity contribution in [2.45, 2.75) is 25.3 Å². The average molecular weight is 190 g/mol. The molecule has 14 heavy (non-hydrogen) atoms. The van der Waals surface area contributed by atoms with Crippen molar-refractivity contribution in [3.05, 3.63) is 29.8 Å². The lowest BCUT2D eigenvalue weighted by Crippen LogP contribution is -2.18. The van der Waals surface area contributed by atoms with Gasteiger partial charge in [-0.05, 0) is 44.5 Å². The Balaban J connectivity index is 1.86. The number of hydrogen-bond donors (Lipinski definition) is 2. The third-order valence-electron chi connectivity index (χ3n) is 2.82. The maximum absolute atomic E-state index is 3.57. The molecule has 1 aliphatic heterocycles. The second-order valence-electron chi connectivity index (χ2n) is 3.95. The van der Waals surface area contributed by atoms with Crippen molar-refractivity contribution in [1.82, 2.24) is 5.32 Å². The molecule has 2 nitrogen and oxygen atoms in total. The van der Waals surface area contributed by atoms with Gasteiger partial charge in [-0.3, -0.25) is 0 Å². The molecule has 0 bridgehead atoms. The maximum atomic E-state index is 3.57. The standard InChI is InChI=1S/C12H18N2/c1-13-8-4-6-11-9-10-5-2-3-7-12(10)14-11/h2-3,5,7,11,13-14H,4,6,8-9H2,1H3. The van der Waals surface area contributed by atoms with Crippen molar-refractivity contribution < 1.29 is 0 Å². The van der Waals surface area contributed by atoms with Gasteiger partial charge in [-0.2, -0.15) is 0 Å². The van der Waals surface area contributed by atoms with Gasteiger partial charge in [0.25, 0.3) is 0 Å². The topological polar surface area (TPSA) is 24.1 Å². The van der Waals surface area contributed by atoms with Crippen molar-refractivity contribution in [1.29, 1.82) is 0 Å². The molecule has 1 unspecified atom stereocenters. The summed E-state index contributed by atoms with van der Waals surface area (Å²) in [7, 11) is 2.01. The average Bonchev–Trinajstić information content (AvgIpc) is 2.60. The minimum absolute atomic E-state index is 0.653. The number of fused-ring (bicyclic) bond motifs is 1. The third-order valence-corrected chi connectivity index (χ3v) is 2.82. The Morgan fingerprint density at radius 1 is 1.43 bits per heavy atom. The SMILES string of the molecule is CNCCCC1Cc2ccccc2N1. The van der Waals surface area contributed by atoms with Gasteiger partial charge < -0.3 is 10.6 Å². The van der Waals surface area contributed by atoms with Crippen LogP contribution in [0, 0.1) is 0 Å². The quantitative estimate of drug-likeness (QED) is 0.710. The Morgan fingerprint density at radius 3 is 3.07 bits per heavy atom. The molecule has 0 spiro atoms. The smallest absolute Gasteiger partial charge is 0.0375 e. The first kappa shape index (κ1) is 9.53. The minimum Gasteiger partial charge on any atom is -0.382 e. The largest absolute Gasteiger partial charge is 0.382 e. The molecule has 1 aromatic carbocycles. The molecule has 2 heteroatoms. The van der Waals surface area contributed by atoms with Crippen LogP contribution in [0.1, 0.15) is 18.4 Å². The second-order valence-corrected chi connectivity index (χ2v) is 3.95. The Labute approximate surface area is 85.7 Å². The fourth-order valence-electron chi connectivity index (χ4n) is 2.07. The zero-order valence-electron chi connectivity index (χ0n) is 8.72. The molecule has 0 aliphatic carbocycles. The van der Waals surface area contributed by atoms with Gasteiger partial charge in [0.1, 0.15) is 0 Å². The van der Waals surface area contributed by atoms with Crippen LogP contribution in [0.2, 0.25) is 0 Å². The molecular formula is C12H18N2. The van der Waals surface area contributed by atoms with Crippen molar-refractivity contribution in [2.75, 3.05) is 18.9 Å². The Hall–Kier alpha value is -1.02. The lowest BCUT2D eigenvalue weighted by molar-refractivity contribution is 0.608. The zero-order chi connectivity index (χ0) is 9.80. The Kier molecular flexibility index (Phi) is 3.04. The molecule has 1 aliphatic rings. The van der Waals surface area contributed by atoms with Gasteiger partial charge in [0, 0.05) is 11.7 Å². The van der Waals surface area contributed by atoms with Gasteiger partial charge in [0.2, 0.25) is 0 Å². The van der Waals surface area contributed by atoms with E-state index in [-0.39, 0.29) is 0 Å². The molecule has 1 atom stereocenters. The van der Waals surface area contributed by atoms with E-state index in [9.17, 15) is 0 Å². The molecule has 1 heterocycles. The van der Waals surface area contributed by atoms with Gasteiger partial charge in [0.15, 0.2) is 0 Å². The van der Waals surface area contributed by atoms with E-state index in [0.717, 1.165) is 6.54 Å². The molecule has 76 valence electrons. The summed E-state index contributed by atoms with van der Waals surface area (Å²) in [5.41, 5.74) is 2.81. The fourth-order valence-corrected chi connectivity index (χ4v) is 2.07. The number of para-hydroxylation sites is 1. The van der Waals surface area contributed by atoms with Gasteiger partial charge in [-0.25, -0.2) is 0 Å². The predicted octanol–water partition coefficient (Wildman–Crippen LogP) is 2.02. The van der Waals surface area contributed by atoms with Gasteiger partial charge in [0.05, 0.1) is 0 Å². The van der Waals surface area contributed by atoms with Crippen LogP contribution < -0.4 is 10.6 Å². The highest BCUT2D eigenvalue weighted by Gasteiger charge is 2.18. The number of hydrogen-bond acceptors (Lipinski definition) is 2. The highest BCUT2D eigenvalue weighted by Crippen LogP contribution is 2.26. The lowest BCUT2D eigenvalue weighted by atomic mass is 10.1. The number of nitrogens with one attached hydrogen (secondary N) is 2. The number of anilines is 1. The molecule has 1 aromatic rings. The van der Waals surface area contributed by atoms with Crippen LogP contribution in [0.25, 0.3) is 0 Å². The zero-order valence-corrected chi connectivity index (χ0v) is 8.72. The lowest BCUT2D eigenvalue weighted by Gasteiger charge is -2.10.